The first-order valence-electron chi connectivity index (χ1n) is 16.5. The number of methoxy groups -OCH3 is 1. The van der Waals surface area contributed by atoms with Crippen molar-refractivity contribution in [3.63, 3.8) is 0 Å². The number of nitrogens with one attached hydrogen (secondary N) is 2. The lowest BCUT2D eigenvalue weighted by atomic mass is 9.99. The van der Waals surface area contributed by atoms with Crippen LogP contribution >= 0.6 is 23.1 Å². The number of anilines is 5. The second kappa shape index (κ2) is 14.1. The highest BCUT2D eigenvalue weighted by Crippen LogP contribution is 2.43. The topological polar surface area (TPSA) is 123 Å². The third-order valence-electron chi connectivity index (χ3n) is 9.23. The molecule has 2 aliphatic rings. The maximum Gasteiger partial charge on any atom is 0.229 e. The van der Waals surface area contributed by atoms with Crippen LogP contribution in [0.3, 0.4) is 0 Å². The standard InChI is InChI=1S/C35H41BrN9O3P/c1-43-22-23(19-39-43)26-17-29(32(47-2)18-31(26)45-11-9-24(10-12-45)44-13-15-48-16-14-44)41-35-38-20-27(36)34(42-35)40-30-21-37-28-8-6-5-7-25(28)33(30)49(3,4)46/h5-8,17-22,24H,9-16H2,1-4H3,(H2,38,40,41,42). The van der Waals surface area contributed by atoms with Gasteiger partial charge in [0.1, 0.15) is 18.7 Å². The van der Waals surface area contributed by atoms with Crippen LogP contribution in [0.5, 0.6) is 5.75 Å². The van der Waals surface area contributed by atoms with E-state index in [4.69, 9.17) is 14.5 Å². The number of pyridine rings is 1. The number of piperidine rings is 1. The molecular formula is C35H41BrN9O3P. The van der Waals surface area contributed by atoms with Crippen molar-refractivity contribution in [2.75, 3.05) is 75.4 Å². The van der Waals surface area contributed by atoms with Gasteiger partial charge in [0.15, 0.2) is 0 Å². The van der Waals surface area contributed by atoms with Gasteiger partial charge in [-0.15, -0.1) is 0 Å². The van der Waals surface area contributed by atoms with Gasteiger partial charge in [-0.3, -0.25) is 14.6 Å². The van der Waals surface area contributed by atoms with E-state index in [1.807, 2.05) is 48.4 Å². The summed E-state index contributed by atoms with van der Waals surface area (Å²) in [5.41, 5.74) is 5.31. The quantitative estimate of drug-likeness (QED) is 0.167. The Morgan fingerprint density at radius 1 is 0.980 bits per heavy atom. The Labute approximate surface area is 294 Å². The molecule has 0 saturated carbocycles. The maximum absolute atomic E-state index is 13.5. The molecular weight excluding hydrogens is 705 g/mol. The van der Waals surface area contributed by atoms with Crippen LogP contribution in [0.1, 0.15) is 12.8 Å². The summed E-state index contributed by atoms with van der Waals surface area (Å²) in [5, 5.41) is 12.8. The molecule has 2 saturated heterocycles. The zero-order valence-corrected chi connectivity index (χ0v) is 30.7. The maximum atomic E-state index is 13.5. The van der Waals surface area contributed by atoms with Gasteiger partial charge in [0, 0.05) is 85.2 Å². The van der Waals surface area contributed by atoms with Gasteiger partial charge in [-0.25, -0.2) is 4.98 Å². The molecule has 0 aliphatic carbocycles. The Morgan fingerprint density at radius 2 is 1.76 bits per heavy atom. The molecule has 14 heteroatoms. The van der Waals surface area contributed by atoms with Crippen LogP contribution in [0.25, 0.3) is 22.0 Å². The Kier molecular flexibility index (Phi) is 9.61. The van der Waals surface area contributed by atoms with E-state index in [1.165, 1.54) is 0 Å². The lowest BCUT2D eigenvalue weighted by Gasteiger charge is -2.41. The van der Waals surface area contributed by atoms with E-state index in [2.05, 4.69) is 63.6 Å². The number of benzene rings is 2. The Morgan fingerprint density at radius 3 is 2.47 bits per heavy atom. The van der Waals surface area contributed by atoms with Crippen molar-refractivity contribution in [3.05, 3.63) is 65.7 Å². The molecule has 0 atom stereocenters. The van der Waals surface area contributed by atoms with Crippen LogP contribution in [0, 0.1) is 0 Å². The van der Waals surface area contributed by atoms with Gasteiger partial charge < -0.3 is 29.6 Å². The molecule has 5 aromatic rings. The number of hydrogen-bond donors (Lipinski definition) is 2. The highest BCUT2D eigenvalue weighted by Gasteiger charge is 2.28. The first kappa shape index (κ1) is 33.5. The fraction of sp³-hybridized carbons (Fsp3) is 0.371. The third kappa shape index (κ3) is 7.17. The summed E-state index contributed by atoms with van der Waals surface area (Å²) in [6.07, 6.45) is 9.51. The van der Waals surface area contributed by atoms with Crippen molar-refractivity contribution in [3.8, 4) is 16.9 Å². The summed E-state index contributed by atoms with van der Waals surface area (Å²) in [6.45, 7) is 9.08. The van der Waals surface area contributed by atoms with E-state index < -0.39 is 7.14 Å². The average Bonchev–Trinajstić information content (AvgIpc) is 3.55. The summed E-state index contributed by atoms with van der Waals surface area (Å²) in [6, 6.07) is 12.5. The van der Waals surface area contributed by atoms with Gasteiger partial charge in [-0.05, 0) is 54.2 Å². The summed E-state index contributed by atoms with van der Waals surface area (Å²) < 4.78 is 27.5. The summed E-state index contributed by atoms with van der Waals surface area (Å²) in [7, 11) is 0.901. The van der Waals surface area contributed by atoms with Gasteiger partial charge in [-0.2, -0.15) is 10.1 Å². The molecule has 0 bridgehead atoms. The number of para-hydroxylation sites is 1. The Balaban J connectivity index is 1.20. The predicted molar refractivity (Wildman–Crippen MR) is 200 cm³/mol. The van der Waals surface area contributed by atoms with E-state index in [-0.39, 0.29) is 0 Å². The zero-order chi connectivity index (χ0) is 34.1. The second-order valence-corrected chi connectivity index (χ2v) is 16.9. The van der Waals surface area contributed by atoms with Crippen LogP contribution in [-0.4, -0.2) is 95.5 Å². The molecule has 256 valence electrons. The third-order valence-corrected chi connectivity index (χ3v) is 11.4. The van der Waals surface area contributed by atoms with Crippen molar-refractivity contribution in [2.45, 2.75) is 18.9 Å². The van der Waals surface area contributed by atoms with E-state index in [0.29, 0.717) is 33.7 Å². The van der Waals surface area contributed by atoms with E-state index in [1.54, 1.807) is 32.8 Å². The SMILES string of the molecule is COc1cc(N2CCC(N3CCOCC3)CC2)c(-c2cnn(C)c2)cc1Nc1ncc(Br)c(Nc2cnc3ccccc3c2P(C)(C)=O)n1. The second-order valence-electron chi connectivity index (χ2n) is 12.9. The first-order valence-corrected chi connectivity index (χ1v) is 19.8. The number of aromatic nitrogens is 5. The van der Waals surface area contributed by atoms with Crippen molar-refractivity contribution in [1.29, 1.82) is 0 Å². The number of morpholine rings is 1. The average molecular weight is 747 g/mol. The first-order chi connectivity index (χ1) is 23.7. The number of hydrogen-bond acceptors (Lipinski definition) is 11. The lowest BCUT2D eigenvalue weighted by molar-refractivity contribution is 0.0115. The molecule has 49 heavy (non-hydrogen) atoms. The number of fused-ring (bicyclic) bond motifs is 1. The molecule has 0 spiro atoms. The molecule has 7 rings (SSSR count). The number of aryl methyl sites for hydroxylation is 1. The summed E-state index contributed by atoms with van der Waals surface area (Å²) >= 11 is 3.60. The van der Waals surface area contributed by atoms with Crippen LogP contribution in [0.15, 0.2) is 65.7 Å². The summed E-state index contributed by atoms with van der Waals surface area (Å²) in [4.78, 5) is 19.0. The van der Waals surface area contributed by atoms with E-state index in [0.717, 1.165) is 90.9 Å². The monoisotopic (exact) mass is 745 g/mol. The molecule has 0 radical (unpaired) electrons. The summed E-state index contributed by atoms with van der Waals surface area (Å²) in [5.74, 6) is 1.56. The van der Waals surface area contributed by atoms with Crippen molar-refractivity contribution < 1.29 is 14.0 Å². The van der Waals surface area contributed by atoms with Gasteiger partial charge in [0.05, 0.1) is 54.1 Å². The van der Waals surface area contributed by atoms with Crippen LogP contribution in [-0.2, 0) is 16.3 Å². The molecule has 2 aliphatic heterocycles. The lowest BCUT2D eigenvalue weighted by Crippen LogP contribution is -2.49. The molecule has 3 aromatic heterocycles. The smallest absolute Gasteiger partial charge is 0.229 e. The molecule has 2 aromatic carbocycles. The van der Waals surface area contributed by atoms with Crippen molar-refractivity contribution in [2.24, 2.45) is 7.05 Å². The minimum Gasteiger partial charge on any atom is -0.494 e. The van der Waals surface area contributed by atoms with E-state index in [9.17, 15) is 4.57 Å². The van der Waals surface area contributed by atoms with Gasteiger partial charge >= 0.3 is 0 Å². The molecule has 2 N–H and O–H groups in total. The minimum atomic E-state index is -2.70. The molecule has 12 nitrogen and oxygen atoms in total. The van der Waals surface area contributed by atoms with Gasteiger partial charge in [0.25, 0.3) is 0 Å². The number of rotatable bonds is 9. The Hall–Kier alpha value is -4.03. The number of halogens is 1. The minimum absolute atomic E-state index is 0.367. The molecule has 2 fully saturated rings. The number of nitrogens with zero attached hydrogens (tertiary/aromatic N) is 7. The Bertz CT molecular complexity index is 2020. The largest absolute Gasteiger partial charge is 0.494 e. The zero-order valence-electron chi connectivity index (χ0n) is 28.2. The van der Waals surface area contributed by atoms with Crippen LogP contribution in [0.2, 0.25) is 0 Å². The number of ether oxygens (including phenoxy) is 2. The fourth-order valence-corrected chi connectivity index (χ4v) is 8.62. The van der Waals surface area contributed by atoms with Crippen LogP contribution in [0.4, 0.5) is 28.8 Å². The van der Waals surface area contributed by atoms with Gasteiger partial charge in [-0.1, -0.05) is 18.2 Å². The van der Waals surface area contributed by atoms with Crippen LogP contribution < -0.4 is 25.6 Å². The highest BCUT2D eigenvalue weighted by molar-refractivity contribution is 9.10. The highest BCUT2D eigenvalue weighted by atomic mass is 79.9. The van der Waals surface area contributed by atoms with Crippen molar-refractivity contribution >= 4 is 68.1 Å². The van der Waals surface area contributed by atoms with E-state index >= 15 is 0 Å². The molecule has 5 heterocycles. The van der Waals surface area contributed by atoms with Crippen molar-refractivity contribution in [1.82, 2.24) is 29.6 Å². The predicted octanol–water partition coefficient (Wildman–Crippen LogP) is 6.23. The molecule has 0 unspecified atom stereocenters. The van der Waals surface area contributed by atoms with Gasteiger partial charge in [0.2, 0.25) is 5.95 Å². The normalized spacial score (nSPS) is 16.2. The molecule has 0 amide bonds. The fourth-order valence-electron chi connectivity index (χ4n) is 6.86.